The van der Waals surface area contributed by atoms with Gasteiger partial charge in [0.25, 0.3) is 5.56 Å². The van der Waals surface area contributed by atoms with Gasteiger partial charge in [-0.3, -0.25) is 4.79 Å². The third-order valence-corrected chi connectivity index (χ3v) is 3.29. The van der Waals surface area contributed by atoms with Crippen LogP contribution in [0.5, 0.6) is 0 Å². The minimum Gasteiger partial charge on any atom is -0.449 e. The maximum Gasteiger partial charge on any atom is 0.294 e. The summed E-state index contributed by atoms with van der Waals surface area (Å²) < 4.78 is 6.49. The zero-order chi connectivity index (χ0) is 13.6. The van der Waals surface area contributed by atoms with Crippen LogP contribution in [-0.4, -0.2) is 29.0 Å². The van der Waals surface area contributed by atoms with Gasteiger partial charge >= 0.3 is 0 Å². The molecule has 0 aliphatic heterocycles. The van der Waals surface area contributed by atoms with Crippen LogP contribution in [-0.2, 0) is 6.54 Å². The Bertz CT molecular complexity index is 820. The first-order valence-electron chi connectivity index (χ1n) is 5.80. The molecule has 0 aliphatic carbocycles. The van der Waals surface area contributed by atoms with Crippen molar-refractivity contribution in [3.05, 3.63) is 38.9 Å². The second-order valence-corrected chi connectivity index (χ2v) is 5.59. The van der Waals surface area contributed by atoms with Crippen LogP contribution in [0.25, 0.3) is 22.1 Å². The number of nitrogens with zero attached hydrogens (tertiary/aromatic N) is 2. The van der Waals surface area contributed by atoms with Gasteiger partial charge in [0.2, 0.25) is 5.58 Å². The van der Waals surface area contributed by atoms with E-state index < -0.39 is 0 Å². The predicted molar refractivity (Wildman–Crippen MR) is 77.2 cm³/mol. The molecule has 98 valence electrons. The molecule has 1 aromatic carbocycles. The van der Waals surface area contributed by atoms with Gasteiger partial charge < -0.3 is 14.3 Å². The fourth-order valence-electron chi connectivity index (χ4n) is 2.05. The monoisotopic (exact) mass is 321 g/mol. The normalized spacial score (nSPS) is 11.8. The lowest BCUT2D eigenvalue weighted by Gasteiger charge is -2.07. The lowest BCUT2D eigenvalue weighted by molar-refractivity contribution is 0.390. The van der Waals surface area contributed by atoms with Gasteiger partial charge in [0.05, 0.1) is 6.54 Å². The molecule has 2 heterocycles. The Labute approximate surface area is 117 Å². The molecule has 0 spiro atoms. The van der Waals surface area contributed by atoms with Crippen molar-refractivity contribution in [2.24, 2.45) is 0 Å². The van der Waals surface area contributed by atoms with Crippen molar-refractivity contribution in [3.8, 4) is 0 Å². The predicted octanol–water partition coefficient (Wildman–Crippen LogP) is 2.49. The number of benzene rings is 1. The second kappa shape index (κ2) is 4.47. The summed E-state index contributed by atoms with van der Waals surface area (Å²) in [4.78, 5) is 21.2. The van der Waals surface area contributed by atoms with Crippen LogP contribution in [0, 0.1) is 0 Å². The van der Waals surface area contributed by atoms with E-state index in [9.17, 15) is 4.79 Å². The fraction of sp³-hybridized carbons (Fsp3) is 0.231. The van der Waals surface area contributed by atoms with Crippen molar-refractivity contribution < 1.29 is 4.42 Å². The molecule has 0 saturated carbocycles. The SMILES string of the molecule is CN(C)Cc1nc2c(oc3ccc(Br)cc32)c(=O)[nH]1. The largest absolute Gasteiger partial charge is 0.449 e. The number of nitrogens with one attached hydrogen (secondary N) is 1. The van der Waals surface area contributed by atoms with Crippen molar-refractivity contribution in [2.45, 2.75) is 6.54 Å². The molecule has 5 nitrogen and oxygen atoms in total. The average Bonchev–Trinajstić information content (AvgIpc) is 2.67. The highest BCUT2D eigenvalue weighted by Gasteiger charge is 2.13. The van der Waals surface area contributed by atoms with Crippen molar-refractivity contribution >= 4 is 38.0 Å². The number of aromatic amines is 1. The van der Waals surface area contributed by atoms with Gasteiger partial charge in [-0.2, -0.15) is 0 Å². The highest BCUT2D eigenvalue weighted by Crippen LogP contribution is 2.27. The first-order chi connectivity index (χ1) is 9.04. The third-order valence-electron chi connectivity index (χ3n) is 2.80. The Kier molecular flexibility index (Phi) is 2.91. The molecule has 0 unspecified atom stereocenters. The second-order valence-electron chi connectivity index (χ2n) is 4.67. The van der Waals surface area contributed by atoms with E-state index in [0.717, 1.165) is 9.86 Å². The Morgan fingerprint density at radius 1 is 1.42 bits per heavy atom. The van der Waals surface area contributed by atoms with Crippen LogP contribution in [0.2, 0.25) is 0 Å². The maximum absolute atomic E-state index is 12.0. The molecule has 0 atom stereocenters. The summed E-state index contributed by atoms with van der Waals surface area (Å²) in [6.45, 7) is 0.575. The van der Waals surface area contributed by atoms with E-state index in [1.54, 1.807) is 0 Å². The summed E-state index contributed by atoms with van der Waals surface area (Å²) in [5.41, 5.74) is 1.31. The Balaban J connectivity index is 2.34. The van der Waals surface area contributed by atoms with E-state index in [0.29, 0.717) is 23.5 Å². The van der Waals surface area contributed by atoms with E-state index in [2.05, 4.69) is 25.9 Å². The van der Waals surface area contributed by atoms with Gasteiger partial charge in [0.15, 0.2) is 0 Å². The zero-order valence-electron chi connectivity index (χ0n) is 10.5. The number of H-pyrrole nitrogens is 1. The number of hydrogen-bond acceptors (Lipinski definition) is 4. The summed E-state index contributed by atoms with van der Waals surface area (Å²) in [6, 6.07) is 5.61. The third kappa shape index (κ3) is 2.17. The van der Waals surface area contributed by atoms with Crippen LogP contribution in [0.15, 0.2) is 31.9 Å². The number of hydrogen-bond donors (Lipinski definition) is 1. The highest BCUT2D eigenvalue weighted by molar-refractivity contribution is 9.10. The average molecular weight is 322 g/mol. The van der Waals surface area contributed by atoms with Gasteiger partial charge in [-0.15, -0.1) is 0 Å². The van der Waals surface area contributed by atoms with Gasteiger partial charge in [0, 0.05) is 9.86 Å². The van der Waals surface area contributed by atoms with E-state index in [-0.39, 0.29) is 11.1 Å². The number of halogens is 1. The topological polar surface area (TPSA) is 62.1 Å². The molecule has 0 saturated heterocycles. The summed E-state index contributed by atoms with van der Waals surface area (Å²) >= 11 is 3.42. The van der Waals surface area contributed by atoms with Gasteiger partial charge in [-0.25, -0.2) is 4.98 Å². The molecular weight excluding hydrogens is 310 g/mol. The Hall–Kier alpha value is -1.66. The number of fused-ring (bicyclic) bond motifs is 3. The summed E-state index contributed by atoms with van der Waals surface area (Å²) in [6.07, 6.45) is 0. The molecule has 1 N–H and O–H groups in total. The van der Waals surface area contributed by atoms with E-state index in [4.69, 9.17) is 4.42 Å². The van der Waals surface area contributed by atoms with Gasteiger partial charge in [-0.05, 0) is 32.3 Å². The van der Waals surface area contributed by atoms with Crippen molar-refractivity contribution in [1.29, 1.82) is 0 Å². The molecule has 0 radical (unpaired) electrons. The molecule has 6 heteroatoms. The minimum atomic E-state index is -0.242. The van der Waals surface area contributed by atoms with Crippen LogP contribution in [0.4, 0.5) is 0 Å². The number of furan rings is 1. The molecule has 0 bridgehead atoms. The standard InChI is InChI=1S/C13H12BrN3O2/c1-17(2)6-10-15-11-8-5-7(14)3-4-9(8)19-12(11)13(18)16-10/h3-5H,6H2,1-2H3,(H,15,16,18). The Morgan fingerprint density at radius 3 is 2.95 bits per heavy atom. The molecular formula is C13H12BrN3O2. The lowest BCUT2D eigenvalue weighted by Crippen LogP contribution is -2.18. The molecule has 0 amide bonds. The number of aromatic nitrogens is 2. The highest BCUT2D eigenvalue weighted by atomic mass is 79.9. The van der Waals surface area contributed by atoms with Crippen LogP contribution in [0.3, 0.4) is 0 Å². The summed E-state index contributed by atoms with van der Waals surface area (Å²) in [7, 11) is 3.85. The molecule has 2 aromatic heterocycles. The van der Waals surface area contributed by atoms with Crippen LogP contribution in [0.1, 0.15) is 5.82 Å². The van der Waals surface area contributed by atoms with Crippen molar-refractivity contribution in [3.63, 3.8) is 0 Å². The van der Waals surface area contributed by atoms with E-state index >= 15 is 0 Å². The van der Waals surface area contributed by atoms with Crippen molar-refractivity contribution in [1.82, 2.24) is 14.9 Å². The first kappa shape index (κ1) is 12.4. The van der Waals surface area contributed by atoms with Crippen molar-refractivity contribution in [2.75, 3.05) is 14.1 Å². The fourth-order valence-corrected chi connectivity index (χ4v) is 2.41. The van der Waals surface area contributed by atoms with E-state index in [1.165, 1.54) is 0 Å². The van der Waals surface area contributed by atoms with Crippen LogP contribution < -0.4 is 5.56 Å². The molecule has 19 heavy (non-hydrogen) atoms. The first-order valence-corrected chi connectivity index (χ1v) is 6.59. The molecule has 3 aromatic rings. The van der Waals surface area contributed by atoms with E-state index in [1.807, 2.05) is 37.2 Å². The van der Waals surface area contributed by atoms with Gasteiger partial charge in [0.1, 0.15) is 16.9 Å². The molecule has 0 aliphatic rings. The lowest BCUT2D eigenvalue weighted by atomic mass is 10.2. The minimum absolute atomic E-state index is 0.242. The molecule has 3 rings (SSSR count). The van der Waals surface area contributed by atoms with Gasteiger partial charge in [-0.1, -0.05) is 15.9 Å². The number of rotatable bonds is 2. The summed E-state index contributed by atoms with van der Waals surface area (Å²) in [5.74, 6) is 0.630. The quantitative estimate of drug-likeness (QED) is 0.787. The Morgan fingerprint density at radius 2 is 2.21 bits per heavy atom. The summed E-state index contributed by atoms with van der Waals surface area (Å²) in [5, 5.41) is 0.843. The zero-order valence-corrected chi connectivity index (χ0v) is 12.1. The molecule has 0 fully saturated rings. The van der Waals surface area contributed by atoms with Crippen LogP contribution >= 0.6 is 15.9 Å². The maximum atomic E-state index is 12.0. The smallest absolute Gasteiger partial charge is 0.294 e.